The molecule has 2 N–H and O–H groups in total. The van der Waals surface area contributed by atoms with Gasteiger partial charge in [0, 0.05) is 24.5 Å². The van der Waals surface area contributed by atoms with Crippen molar-refractivity contribution in [2.24, 2.45) is 0 Å². The van der Waals surface area contributed by atoms with E-state index in [1.807, 2.05) is 0 Å². The topological polar surface area (TPSA) is 89.3 Å². The first-order chi connectivity index (χ1) is 12.2. The fourth-order valence-electron chi connectivity index (χ4n) is 2.25. The van der Waals surface area contributed by atoms with E-state index in [9.17, 15) is 27.5 Å². The summed E-state index contributed by atoms with van der Waals surface area (Å²) in [6.45, 7) is 4.41. The Kier molecular flexibility index (Phi) is 7.25. The number of hydrogen-bond acceptors (Lipinski definition) is 4. The maximum Gasteiger partial charge on any atom is 0.407 e. The number of carbonyl (C=O) groups is 1. The van der Waals surface area contributed by atoms with Gasteiger partial charge < -0.3 is 15.3 Å². The van der Waals surface area contributed by atoms with Gasteiger partial charge in [-0.25, -0.2) is 14.2 Å². The minimum Gasteiger partial charge on any atom is -0.465 e. The van der Waals surface area contributed by atoms with Gasteiger partial charge in [-0.15, -0.1) is 0 Å². The summed E-state index contributed by atoms with van der Waals surface area (Å²) in [6.07, 6.45) is -7.51. The van der Waals surface area contributed by atoms with E-state index >= 15 is 0 Å². The largest absolute Gasteiger partial charge is 0.465 e. The molecule has 0 fully saturated rings. The van der Waals surface area contributed by atoms with E-state index in [1.165, 1.54) is 0 Å². The zero-order valence-electron chi connectivity index (χ0n) is 14.9. The highest BCUT2D eigenvalue weighted by molar-refractivity contribution is 6.30. The summed E-state index contributed by atoms with van der Waals surface area (Å²) in [5.74, 6) is -1.43. The summed E-state index contributed by atoms with van der Waals surface area (Å²) in [5, 5.41) is 20.3. The molecule has 0 unspecified atom stereocenters. The number of pyridine rings is 1. The number of amides is 1. The van der Waals surface area contributed by atoms with Crippen molar-refractivity contribution in [3.8, 4) is 6.07 Å². The zero-order chi connectivity index (χ0) is 21.0. The lowest BCUT2D eigenvalue weighted by Crippen LogP contribution is -2.50. The van der Waals surface area contributed by atoms with Gasteiger partial charge in [-0.2, -0.15) is 18.4 Å². The quantitative estimate of drug-likeness (QED) is 0.526. The molecular formula is C16H19ClF4N4O2. The smallest absolute Gasteiger partial charge is 0.407 e. The van der Waals surface area contributed by atoms with Crippen LogP contribution >= 0.6 is 11.6 Å². The van der Waals surface area contributed by atoms with Crippen LogP contribution in [0.2, 0.25) is 5.15 Å². The van der Waals surface area contributed by atoms with Crippen LogP contribution in [0.25, 0.3) is 0 Å². The van der Waals surface area contributed by atoms with Crippen LogP contribution in [0.3, 0.4) is 0 Å². The number of carboxylic acid groups (broad SMARTS) is 1. The molecule has 11 heteroatoms. The van der Waals surface area contributed by atoms with Gasteiger partial charge in [0.2, 0.25) is 0 Å². The number of nitrogens with zero attached hydrogens (tertiary/aromatic N) is 3. The molecule has 0 radical (unpaired) electrons. The van der Waals surface area contributed by atoms with Crippen molar-refractivity contribution in [1.29, 1.82) is 5.26 Å². The van der Waals surface area contributed by atoms with Crippen molar-refractivity contribution in [2.45, 2.75) is 51.4 Å². The van der Waals surface area contributed by atoms with Gasteiger partial charge >= 0.3 is 12.3 Å². The van der Waals surface area contributed by atoms with Crippen LogP contribution in [0.15, 0.2) is 6.07 Å². The third-order valence-corrected chi connectivity index (χ3v) is 3.90. The monoisotopic (exact) mass is 410 g/mol. The van der Waals surface area contributed by atoms with Crippen LogP contribution in [0, 0.1) is 17.1 Å². The predicted molar refractivity (Wildman–Crippen MR) is 91.1 cm³/mol. The Morgan fingerprint density at radius 2 is 2.04 bits per heavy atom. The highest BCUT2D eigenvalue weighted by atomic mass is 35.5. The van der Waals surface area contributed by atoms with Gasteiger partial charge in [0.05, 0.1) is 5.56 Å². The molecule has 1 rings (SSSR count). The lowest BCUT2D eigenvalue weighted by Gasteiger charge is -2.36. The number of aromatic nitrogens is 1. The van der Waals surface area contributed by atoms with E-state index in [0.717, 1.165) is 11.0 Å². The Morgan fingerprint density at radius 1 is 1.44 bits per heavy atom. The first-order valence-electron chi connectivity index (χ1n) is 7.84. The van der Waals surface area contributed by atoms with Crippen LogP contribution in [-0.4, -0.2) is 45.4 Å². The van der Waals surface area contributed by atoms with Crippen molar-refractivity contribution in [2.75, 3.05) is 11.9 Å². The van der Waals surface area contributed by atoms with Crippen molar-refractivity contribution in [3.05, 3.63) is 22.6 Å². The van der Waals surface area contributed by atoms with E-state index in [2.05, 4.69) is 10.3 Å². The predicted octanol–water partition coefficient (Wildman–Crippen LogP) is 4.65. The van der Waals surface area contributed by atoms with Crippen LogP contribution in [0.5, 0.6) is 0 Å². The molecule has 1 aromatic heterocycles. The first kappa shape index (κ1) is 22.8. The minimum atomic E-state index is -4.47. The Labute approximate surface area is 158 Å². The average Bonchev–Trinajstić information content (AvgIpc) is 2.50. The molecule has 150 valence electrons. The molecule has 0 spiro atoms. The summed E-state index contributed by atoms with van der Waals surface area (Å²) >= 11 is 5.74. The second-order valence-corrected chi connectivity index (χ2v) is 7.19. The number of nitriles is 1. The van der Waals surface area contributed by atoms with Crippen molar-refractivity contribution in [3.63, 3.8) is 0 Å². The van der Waals surface area contributed by atoms with Gasteiger partial charge in [-0.05, 0) is 33.3 Å². The lowest BCUT2D eigenvalue weighted by atomic mass is 10.0. The summed E-state index contributed by atoms with van der Waals surface area (Å²) in [5.41, 5.74) is -1.12. The Hall–Kier alpha value is -2.28. The normalized spacial score (nSPS) is 13.0. The fraction of sp³-hybridized carbons (Fsp3) is 0.562. The van der Waals surface area contributed by atoms with Crippen LogP contribution in [0.1, 0.15) is 39.2 Å². The van der Waals surface area contributed by atoms with E-state index in [0.29, 0.717) is 0 Å². The van der Waals surface area contributed by atoms with Crippen molar-refractivity contribution < 1.29 is 27.5 Å². The van der Waals surface area contributed by atoms with Gasteiger partial charge in [0.25, 0.3) is 0 Å². The van der Waals surface area contributed by atoms with Gasteiger partial charge in [-0.3, -0.25) is 0 Å². The standard InChI is InChI=1S/C16H19ClF4N4O2/c1-15(2,3)25(14(26)27)8-10(4-5-16(19,20)21)23-13-11(18)6-9(7-22)12(17)24-13/h6,10H,4-5,8H2,1-3H3,(H,23,24)(H,26,27)/t10-/m1/s1. The van der Waals surface area contributed by atoms with Crippen molar-refractivity contribution in [1.82, 2.24) is 9.88 Å². The fourth-order valence-corrected chi connectivity index (χ4v) is 2.43. The number of rotatable bonds is 6. The molecule has 6 nitrogen and oxygen atoms in total. The van der Waals surface area contributed by atoms with E-state index in [4.69, 9.17) is 16.9 Å². The number of anilines is 1. The van der Waals surface area contributed by atoms with Crippen LogP contribution in [0.4, 0.5) is 28.2 Å². The molecule has 0 aliphatic rings. The number of nitrogens with one attached hydrogen (secondary N) is 1. The molecule has 1 amide bonds. The molecule has 1 aromatic rings. The molecule has 0 aromatic carbocycles. The molecule has 0 saturated heterocycles. The third-order valence-electron chi connectivity index (χ3n) is 3.61. The number of halogens is 5. The highest BCUT2D eigenvalue weighted by Crippen LogP contribution is 2.26. The SMILES string of the molecule is CC(C)(C)N(C[C@@H](CCC(F)(F)F)Nc1nc(Cl)c(C#N)cc1F)C(=O)O. The molecule has 1 atom stereocenters. The van der Waals surface area contributed by atoms with Crippen molar-refractivity contribution >= 4 is 23.5 Å². The molecule has 27 heavy (non-hydrogen) atoms. The number of hydrogen-bond donors (Lipinski definition) is 2. The van der Waals surface area contributed by atoms with Crippen LogP contribution < -0.4 is 5.32 Å². The summed E-state index contributed by atoms with van der Waals surface area (Å²) in [7, 11) is 0. The maximum absolute atomic E-state index is 14.1. The zero-order valence-corrected chi connectivity index (χ0v) is 15.6. The Bertz CT molecular complexity index is 729. The third kappa shape index (κ3) is 7.09. The van der Waals surface area contributed by atoms with Gasteiger partial charge in [0.1, 0.15) is 11.2 Å². The summed E-state index contributed by atoms with van der Waals surface area (Å²) in [4.78, 5) is 16.1. The molecule has 0 aliphatic carbocycles. The summed E-state index contributed by atoms with van der Waals surface area (Å²) < 4.78 is 52.0. The van der Waals surface area contributed by atoms with Gasteiger partial charge in [0.15, 0.2) is 11.6 Å². The van der Waals surface area contributed by atoms with E-state index in [-0.39, 0.29) is 17.3 Å². The molecule has 0 bridgehead atoms. The molecular weight excluding hydrogens is 392 g/mol. The van der Waals surface area contributed by atoms with E-state index in [1.54, 1.807) is 26.8 Å². The highest BCUT2D eigenvalue weighted by Gasteiger charge is 2.33. The Morgan fingerprint density at radius 3 is 2.48 bits per heavy atom. The van der Waals surface area contributed by atoms with Gasteiger partial charge in [-0.1, -0.05) is 11.6 Å². The lowest BCUT2D eigenvalue weighted by molar-refractivity contribution is -0.136. The minimum absolute atomic E-state index is 0.228. The second-order valence-electron chi connectivity index (χ2n) is 6.83. The first-order valence-corrected chi connectivity index (χ1v) is 8.22. The molecule has 0 saturated carbocycles. The van der Waals surface area contributed by atoms with E-state index < -0.39 is 48.3 Å². The molecule has 1 heterocycles. The second kappa shape index (κ2) is 8.61. The summed E-state index contributed by atoms with van der Waals surface area (Å²) in [6, 6.07) is 1.34. The number of alkyl halides is 3. The van der Waals surface area contributed by atoms with Crippen LogP contribution in [-0.2, 0) is 0 Å². The maximum atomic E-state index is 14.1. The molecule has 0 aliphatic heterocycles. The Balaban J connectivity index is 3.14. The average molecular weight is 411 g/mol.